The number of halogens is 2. The lowest BCUT2D eigenvalue weighted by molar-refractivity contribution is 0.625. The largest absolute Gasteiger partial charge is 0.207 e. The van der Waals surface area contributed by atoms with E-state index in [0.29, 0.717) is 16.7 Å². The van der Waals surface area contributed by atoms with Crippen LogP contribution in [0.4, 0.5) is 8.78 Å². The lowest BCUT2D eigenvalue weighted by Crippen LogP contribution is -1.86. The minimum Gasteiger partial charge on any atom is -0.207 e. The van der Waals surface area contributed by atoms with Gasteiger partial charge in [-0.3, -0.25) is 0 Å². The van der Waals surface area contributed by atoms with Crippen LogP contribution in [-0.2, 0) is 0 Å². The first-order valence-electron chi connectivity index (χ1n) is 6.25. The second-order valence-electron chi connectivity index (χ2n) is 4.25. The van der Waals surface area contributed by atoms with E-state index in [1.807, 2.05) is 6.92 Å². The molecule has 0 fully saturated rings. The maximum Gasteiger partial charge on any atom is 0.132 e. The van der Waals surface area contributed by atoms with Crippen molar-refractivity contribution in [3.63, 3.8) is 0 Å². The van der Waals surface area contributed by atoms with E-state index in [1.54, 1.807) is 24.3 Å². The Morgan fingerprint density at radius 3 is 2.37 bits per heavy atom. The molecule has 0 amide bonds. The summed E-state index contributed by atoms with van der Waals surface area (Å²) in [7, 11) is 0. The molecule has 0 heterocycles. The van der Waals surface area contributed by atoms with Gasteiger partial charge < -0.3 is 0 Å². The molecule has 0 aliphatic rings. The Labute approximate surface area is 112 Å². The molecule has 0 atom stereocenters. The van der Waals surface area contributed by atoms with Gasteiger partial charge in [0.1, 0.15) is 11.6 Å². The van der Waals surface area contributed by atoms with Gasteiger partial charge >= 0.3 is 0 Å². The average molecular weight is 256 g/mol. The molecule has 2 aromatic rings. The van der Waals surface area contributed by atoms with Crippen molar-refractivity contribution in [2.75, 3.05) is 0 Å². The highest BCUT2D eigenvalue weighted by atomic mass is 19.1. The van der Waals surface area contributed by atoms with E-state index in [1.165, 1.54) is 18.2 Å². The highest BCUT2D eigenvalue weighted by Crippen LogP contribution is 2.23. The predicted molar refractivity (Wildman–Crippen MR) is 73.6 cm³/mol. The summed E-state index contributed by atoms with van der Waals surface area (Å²) in [5.74, 6) is 5.24. The minimum absolute atomic E-state index is 0.328. The fraction of sp³-hybridized carbons (Fsp3) is 0.176. The Morgan fingerprint density at radius 1 is 1.00 bits per heavy atom. The third-order valence-electron chi connectivity index (χ3n) is 2.73. The molecule has 0 bridgehead atoms. The molecule has 0 radical (unpaired) electrons. The first-order valence-corrected chi connectivity index (χ1v) is 6.25. The van der Waals surface area contributed by atoms with Crippen LogP contribution < -0.4 is 0 Å². The second kappa shape index (κ2) is 6.15. The Balaban J connectivity index is 2.30. The van der Waals surface area contributed by atoms with Crippen LogP contribution in [0.1, 0.15) is 25.3 Å². The van der Waals surface area contributed by atoms with Crippen LogP contribution in [0.15, 0.2) is 42.5 Å². The van der Waals surface area contributed by atoms with Crippen molar-refractivity contribution < 1.29 is 8.78 Å². The number of unbranched alkanes of at least 4 members (excludes halogenated alkanes) is 1. The summed E-state index contributed by atoms with van der Waals surface area (Å²) in [5, 5.41) is 0. The zero-order chi connectivity index (χ0) is 13.7. The maximum atomic E-state index is 14.0. The number of rotatable bonds is 2. The molecule has 0 saturated heterocycles. The Kier molecular flexibility index (Phi) is 4.30. The summed E-state index contributed by atoms with van der Waals surface area (Å²) in [5.41, 5.74) is 1.78. The van der Waals surface area contributed by atoms with Crippen LogP contribution >= 0.6 is 0 Å². The summed E-state index contributed by atoms with van der Waals surface area (Å²) in [6.07, 6.45) is 1.80. The number of hydrogen-bond acceptors (Lipinski definition) is 0. The van der Waals surface area contributed by atoms with E-state index >= 15 is 0 Å². The van der Waals surface area contributed by atoms with E-state index in [9.17, 15) is 8.78 Å². The molecule has 96 valence electrons. The van der Waals surface area contributed by atoms with Gasteiger partial charge in [-0.15, -0.1) is 0 Å². The molecule has 0 N–H and O–H groups in total. The van der Waals surface area contributed by atoms with E-state index in [0.717, 1.165) is 12.8 Å². The third-order valence-corrected chi connectivity index (χ3v) is 2.73. The van der Waals surface area contributed by atoms with E-state index in [-0.39, 0.29) is 11.6 Å². The Hall–Kier alpha value is -2.14. The minimum atomic E-state index is -0.338. The molecule has 0 unspecified atom stereocenters. The van der Waals surface area contributed by atoms with Crippen molar-refractivity contribution >= 4 is 0 Å². The van der Waals surface area contributed by atoms with Crippen LogP contribution in [0.3, 0.4) is 0 Å². The fourth-order valence-corrected chi connectivity index (χ4v) is 1.75. The molecule has 2 rings (SSSR count). The van der Waals surface area contributed by atoms with E-state index in [4.69, 9.17) is 0 Å². The van der Waals surface area contributed by atoms with Crippen molar-refractivity contribution in [2.45, 2.75) is 19.8 Å². The lowest BCUT2D eigenvalue weighted by Gasteiger charge is -2.04. The zero-order valence-electron chi connectivity index (χ0n) is 10.7. The standard InChI is InChI=1S/C17H14F2/c1-2-3-4-5-13-6-11-16(17(19)12-13)14-7-9-15(18)10-8-14/h6-12H,2-3H2,1H3. The molecular formula is C17H14F2. The average Bonchev–Trinajstić information content (AvgIpc) is 2.41. The molecule has 0 saturated carbocycles. The molecule has 2 aromatic carbocycles. The van der Waals surface area contributed by atoms with Crippen LogP contribution in [0.2, 0.25) is 0 Å². The Morgan fingerprint density at radius 2 is 1.74 bits per heavy atom. The van der Waals surface area contributed by atoms with Gasteiger partial charge in [0.05, 0.1) is 0 Å². The summed E-state index contributed by atoms with van der Waals surface area (Å²) < 4.78 is 26.8. The van der Waals surface area contributed by atoms with Crippen molar-refractivity contribution in [2.24, 2.45) is 0 Å². The molecule has 0 nitrogen and oxygen atoms in total. The van der Waals surface area contributed by atoms with E-state index < -0.39 is 0 Å². The first kappa shape index (κ1) is 13.3. The van der Waals surface area contributed by atoms with Crippen LogP contribution in [0, 0.1) is 23.5 Å². The van der Waals surface area contributed by atoms with Gasteiger partial charge in [-0.2, -0.15) is 0 Å². The molecule has 0 aliphatic heterocycles. The highest BCUT2D eigenvalue weighted by molar-refractivity contribution is 5.65. The van der Waals surface area contributed by atoms with Gasteiger partial charge in [0.2, 0.25) is 0 Å². The smallest absolute Gasteiger partial charge is 0.132 e. The van der Waals surface area contributed by atoms with Crippen LogP contribution in [0.5, 0.6) is 0 Å². The van der Waals surface area contributed by atoms with Gasteiger partial charge in [0, 0.05) is 17.5 Å². The number of benzene rings is 2. The normalized spacial score (nSPS) is 9.84. The fourth-order valence-electron chi connectivity index (χ4n) is 1.75. The monoisotopic (exact) mass is 256 g/mol. The first-order chi connectivity index (χ1) is 9.20. The highest BCUT2D eigenvalue weighted by Gasteiger charge is 2.05. The van der Waals surface area contributed by atoms with Crippen molar-refractivity contribution in [1.29, 1.82) is 0 Å². The van der Waals surface area contributed by atoms with Crippen LogP contribution in [0.25, 0.3) is 11.1 Å². The summed E-state index contributed by atoms with van der Waals surface area (Å²) in [6, 6.07) is 10.7. The molecule has 19 heavy (non-hydrogen) atoms. The van der Waals surface area contributed by atoms with Crippen molar-refractivity contribution in [3.8, 4) is 23.0 Å². The zero-order valence-corrected chi connectivity index (χ0v) is 10.7. The van der Waals surface area contributed by atoms with Crippen LogP contribution in [-0.4, -0.2) is 0 Å². The molecule has 0 spiro atoms. The van der Waals surface area contributed by atoms with Gasteiger partial charge in [-0.05, 0) is 36.2 Å². The maximum absolute atomic E-state index is 14.0. The number of hydrogen-bond donors (Lipinski definition) is 0. The van der Waals surface area contributed by atoms with Crippen molar-refractivity contribution in [1.82, 2.24) is 0 Å². The summed E-state index contributed by atoms with van der Waals surface area (Å²) in [4.78, 5) is 0. The topological polar surface area (TPSA) is 0 Å². The van der Waals surface area contributed by atoms with Gasteiger partial charge in [0.25, 0.3) is 0 Å². The molecule has 0 aliphatic carbocycles. The summed E-state index contributed by atoms with van der Waals surface area (Å²) in [6.45, 7) is 2.05. The quantitative estimate of drug-likeness (QED) is 0.678. The third kappa shape index (κ3) is 3.42. The molecule has 2 heteroatoms. The molecular weight excluding hydrogens is 242 g/mol. The van der Waals surface area contributed by atoms with Gasteiger partial charge in [-0.25, -0.2) is 8.78 Å². The summed E-state index contributed by atoms with van der Waals surface area (Å²) >= 11 is 0. The molecule has 0 aromatic heterocycles. The van der Waals surface area contributed by atoms with Gasteiger partial charge in [0.15, 0.2) is 0 Å². The Bertz CT molecular complexity index is 616. The SMILES string of the molecule is CCCC#Cc1ccc(-c2ccc(F)cc2)c(F)c1. The predicted octanol–water partition coefficient (Wildman–Crippen LogP) is 4.78. The lowest BCUT2D eigenvalue weighted by atomic mass is 10.0. The van der Waals surface area contributed by atoms with E-state index in [2.05, 4.69) is 11.8 Å². The second-order valence-corrected chi connectivity index (χ2v) is 4.25. The van der Waals surface area contributed by atoms with Crippen molar-refractivity contribution in [3.05, 3.63) is 59.7 Å². The van der Waals surface area contributed by atoms with Gasteiger partial charge in [-0.1, -0.05) is 37.0 Å².